The number of carbonyl (C=O) groups is 1. The zero-order valence-corrected chi connectivity index (χ0v) is 6.65. The molecule has 1 heterocycles. The number of hydrogen-bond acceptors (Lipinski definition) is 4. The van der Waals surface area contributed by atoms with E-state index in [4.69, 9.17) is 0 Å². The number of nitrogens with one attached hydrogen (secondary N) is 1. The quantitative estimate of drug-likeness (QED) is 0.661. The van der Waals surface area contributed by atoms with Crippen molar-refractivity contribution in [3.05, 3.63) is 18.2 Å². The zero-order chi connectivity index (χ0) is 8.81. The van der Waals surface area contributed by atoms with E-state index in [-0.39, 0.29) is 12.4 Å². The summed E-state index contributed by atoms with van der Waals surface area (Å²) in [6, 6.07) is 0. The molecule has 5 nitrogen and oxygen atoms in total. The molecule has 0 aromatic carbocycles. The summed E-state index contributed by atoms with van der Waals surface area (Å²) in [6.45, 7) is 0. The van der Waals surface area contributed by atoms with Crippen LogP contribution in [-0.2, 0) is 9.53 Å². The van der Waals surface area contributed by atoms with Gasteiger partial charge in [-0.2, -0.15) is 5.10 Å². The second-order valence-corrected chi connectivity index (χ2v) is 2.05. The molecule has 0 aliphatic rings. The highest BCUT2D eigenvalue weighted by Crippen LogP contribution is 1.93. The first kappa shape index (κ1) is 8.45. The molecule has 1 aromatic heterocycles. The predicted molar refractivity (Wildman–Crippen MR) is 42.0 cm³/mol. The van der Waals surface area contributed by atoms with Crippen LogP contribution < -0.4 is 0 Å². The van der Waals surface area contributed by atoms with Crippen molar-refractivity contribution in [1.82, 2.24) is 15.2 Å². The van der Waals surface area contributed by atoms with Gasteiger partial charge in [-0.3, -0.25) is 9.89 Å². The number of aromatic amines is 1. The SMILES string of the molecule is COC(=O)CC=Cc1ncn[nH]1. The highest BCUT2D eigenvalue weighted by molar-refractivity contribution is 5.72. The molecule has 64 valence electrons. The van der Waals surface area contributed by atoms with Crippen molar-refractivity contribution in [2.75, 3.05) is 7.11 Å². The van der Waals surface area contributed by atoms with Gasteiger partial charge < -0.3 is 4.74 Å². The van der Waals surface area contributed by atoms with Crippen molar-refractivity contribution in [2.45, 2.75) is 6.42 Å². The second kappa shape index (κ2) is 4.27. The number of methoxy groups -OCH3 is 1. The number of esters is 1. The minimum Gasteiger partial charge on any atom is -0.469 e. The molecule has 0 amide bonds. The van der Waals surface area contributed by atoms with Gasteiger partial charge in [0.25, 0.3) is 0 Å². The fraction of sp³-hybridized carbons (Fsp3) is 0.286. The Kier molecular flexibility index (Phi) is 3.01. The van der Waals surface area contributed by atoms with Crippen LogP contribution in [0, 0.1) is 0 Å². The Balaban J connectivity index is 2.37. The fourth-order valence-corrected chi connectivity index (χ4v) is 0.645. The van der Waals surface area contributed by atoms with Crippen LogP contribution >= 0.6 is 0 Å². The number of nitrogens with zero attached hydrogens (tertiary/aromatic N) is 2. The Morgan fingerprint density at radius 2 is 2.67 bits per heavy atom. The van der Waals surface area contributed by atoms with Crippen LogP contribution in [0.5, 0.6) is 0 Å². The third-order valence-corrected chi connectivity index (χ3v) is 1.22. The van der Waals surface area contributed by atoms with Gasteiger partial charge in [0.15, 0.2) is 0 Å². The van der Waals surface area contributed by atoms with Crippen LogP contribution in [0.1, 0.15) is 12.2 Å². The van der Waals surface area contributed by atoms with E-state index in [0.29, 0.717) is 5.82 Å². The molecule has 1 rings (SSSR count). The van der Waals surface area contributed by atoms with Crippen molar-refractivity contribution >= 4 is 12.0 Å². The monoisotopic (exact) mass is 167 g/mol. The summed E-state index contributed by atoms with van der Waals surface area (Å²) in [5, 5.41) is 6.27. The summed E-state index contributed by atoms with van der Waals surface area (Å²) in [6.07, 6.45) is 4.98. The van der Waals surface area contributed by atoms with Crippen molar-refractivity contribution in [2.24, 2.45) is 0 Å². The van der Waals surface area contributed by atoms with Crippen molar-refractivity contribution in [1.29, 1.82) is 0 Å². The van der Waals surface area contributed by atoms with Crippen molar-refractivity contribution in [3.63, 3.8) is 0 Å². The van der Waals surface area contributed by atoms with E-state index >= 15 is 0 Å². The third-order valence-electron chi connectivity index (χ3n) is 1.22. The van der Waals surface area contributed by atoms with E-state index in [1.165, 1.54) is 13.4 Å². The zero-order valence-electron chi connectivity index (χ0n) is 6.65. The topological polar surface area (TPSA) is 67.9 Å². The average molecular weight is 167 g/mol. The molecule has 5 heteroatoms. The maximum absolute atomic E-state index is 10.6. The standard InChI is InChI=1S/C7H9N3O2/c1-12-7(11)4-2-3-6-8-5-9-10-6/h2-3,5H,4H2,1H3,(H,8,9,10). The highest BCUT2D eigenvalue weighted by Gasteiger charge is 1.94. The van der Waals surface area contributed by atoms with E-state index in [2.05, 4.69) is 19.9 Å². The maximum Gasteiger partial charge on any atom is 0.309 e. The Hall–Kier alpha value is -1.65. The number of H-pyrrole nitrogens is 1. The lowest BCUT2D eigenvalue weighted by Gasteiger charge is -1.90. The number of ether oxygens (including phenoxy) is 1. The van der Waals surface area contributed by atoms with Crippen LogP contribution in [0.25, 0.3) is 6.08 Å². The number of rotatable bonds is 3. The molecule has 0 fully saturated rings. The van der Waals surface area contributed by atoms with Crippen LogP contribution in [-0.4, -0.2) is 28.3 Å². The lowest BCUT2D eigenvalue weighted by atomic mass is 10.4. The van der Waals surface area contributed by atoms with E-state index in [1.807, 2.05) is 0 Å². The molecule has 0 atom stereocenters. The summed E-state index contributed by atoms with van der Waals surface area (Å²) in [5.41, 5.74) is 0. The van der Waals surface area contributed by atoms with Gasteiger partial charge in [0, 0.05) is 0 Å². The van der Waals surface area contributed by atoms with Gasteiger partial charge in [0.2, 0.25) is 0 Å². The van der Waals surface area contributed by atoms with Gasteiger partial charge in [-0.25, -0.2) is 4.98 Å². The number of hydrogen-bond donors (Lipinski definition) is 1. The first-order chi connectivity index (χ1) is 5.83. The average Bonchev–Trinajstić information content (AvgIpc) is 2.57. The molecule has 1 N–H and O–H groups in total. The normalized spacial score (nSPS) is 10.4. The Labute approximate surface area is 69.5 Å². The van der Waals surface area contributed by atoms with Gasteiger partial charge >= 0.3 is 5.97 Å². The second-order valence-electron chi connectivity index (χ2n) is 2.05. The molecule has 0 saturated carbocycles. The molecule has 0 aliphatic heterocycles. The molecular formula is C7H9N3O2. The molecule has 0 bridgehead atoms. The molecular weight excluding hydrogens is 158 g/mol. The van der Waals surface area contributed by atoms with Gasteiger partial charge in [-0.05, 0) is 6.08 Å². The van der Waals surface area contributed by atoms with Gasteiger partial charge in [0.05, 0.1) is 13.5 Å². The van der Waals surface area contributed by atoms with Gasteiger partial charge in [-0.15, -0.1) is 0 Å². The molecule has 0 spiro atoms. The maximum atomic E-state index is 10.6. The molecule has 1 aromatic rings. The van der Waals surface area contributed by atoms with E-state index in [0.717, 1.165) is 0 Å². The molecule has 0 saturated heterocycles. The Morgan fingerprint density at radius 1 is 1.83 bits per heavy atom. The molecule has 12 heavy (non-hydrogen) atoms. The van der Waals surface area contributed by atoms with Crippen LogP contribution in [0.2, 0.25) is 0 Å². The predicted octanol–water partition coefficient (Wildman–Crippen LogP) is 0.381. The Bertz CT molecular complexity index is 266. The van der Waals surface area contributed by atoms with Crippen molar-refractivity contribution in [3.8, 4) is 0 Å². The van der Waals surface area contributed by atoms with Crippen LogP contribution in [0.15, 0.2) is 12.4 Å². The molecule has 0 aliphatic carbocycles. The van der Waals surface area contributed by atoms with Gasteiger partial charge in [-0.1, -0.05) is 6.08 Å². The van der Waals surface area contributed by atoms with E-state index < -0.39 is 0 Å². The number of aromatic nitrogens is 3. The minimum atomic E-state index is -0.272. The molecule has 0 radical (unpaired) electrons. The number of carbonyl (C=O) groups excluding carboxylic acids is 1. The lowest BCUT2D eigenvalue weighted by molar-refractivity contribution is -0.139. The first-order valence-electron chi connectivity index (χ1n) is 3.41. The summed E-state index contributed by atoms with van der Waals surface area (Å²) >= 11 is 0. The minimum absolute atomic E-state index is 0.247. The molecule has 0 unspecified atom stereocenters. The van der Waals surface area contributed by atoms with Crippen LogP contribution in [0.3, 0.4) is 0 Å². The first-order valence-corrected chi connectivity index (χ1v) is 3.41. The third kappa shape index (κ3) is 2.53. The van der Waals surface area contributed by atoms with Gasteiger partial charge in [0.1, 0.15) is 12.2 Å². The summed E-state index contributed by atoms with van der Waals surface area (Å²) in [7, 11) is 1.35. The van der Waals surface area contributed by atoms with Crippen molar-refractivity contribution < 1.29 is 9.53 Å². The lowest BCUT2D eigenvalue weighted by Crippen LogP contribution is -1.96. The summed E-state index contributed by atoms with van der Waals surface area (Å²) < 4.78 is 4.43. The smallest absolute Gasteiger partial charge is 0.309 e. The van der Waals surface area contributed by atoms with Crippen LogP contribution in [0.4, 0.5) is 0 Å². The highest BCUT2D eigenvalue weighted by atomic mass is 16.5. The largest absolute Gasteiger partial charge is 0.469 e. The summed E-state index contributed by atoms with van der Waals surface area (Å²) in [5.74, 6) is 0.352. The van der Waals surface area contributed by atoms with E-state index in [1.54, 1.807) is 12.2 Å². The van der Waals surface area contributed by atoms with E-state index in [9.17, 15) is 4.79 Å². The summed E-state index contributed by atoms with van der Waals surface area (Å²) in [4.78, 5) is 14.5. The Morgan fingerprint density at radius 3 is 3.25 bits per heavy atom. The fourth-order valence-electron chi connectivity index (χ4n) is 0.645.